The van der Waals surface area contributed by atoms with Crippen LogP contribution in [-0.2, 0) is 14.3 Å². The third kappa shape index (κ3) is 5.03. The topological polar surface area (TPSA) is 62.6 Å². The lowest BCUT2D eigenvalue weighted by atomic mass is 10.0. The maximum absolute atomic E-state index is 11.7. The molecule has 2 unspecified atom stereocenters. The maximum atomic E-state index is 11.7. The molecule has 0 radical (unpaired) electrons. The molecule has 1 heterocycles. The lowest BCUT2D eigenvalue weighted by Gasteiger charge is -2.32. The van der Waals surface area contributed by atoms with Crippen LogP contribution in [0.3, 0.4) is 0 Å². The number of carbonyl (C=O) groups is 1. The fourth-order valence-electron chi connectivity index (χ4n) is 2.12. The Kier molecular flexibility index (Phi) is 6.10. The summed E-state index contributed by atoms with van der Waals surface area (Å²) in [6, 6.07) is 2.02. The van der Waals surface area contributed by atoms with E-state index in [4.69, 9.17) is 14.7 Å². The molecule has 0 aromatic carbocycles. The summed E-state index contributed by atoms with van der Waals surface area (Å²) in [4.78, 5) is 13.3. The second-order valence-corrected chi connectivity index (χ2v) is 4.89. The van der Waals surface area contributed by atoms with Gasteiger partial charge in [0.2, 0.25) is 5.91 Å². The summed E-state index contributed by atoms with van der Waals surface area (Å²) in [5.41, 5.74) is 0. The molecule has 0 aromatic heterocycles. The minimum atomic E-state index is -0.0722. The van der Waals surface area contributed by atoms with Crippen molar-refractivity contribution in [1.82, 2.24) is 4.90 Å². The first-order valence-corrected chi connectivity index (χ1v) is 6.41. The van der Waals surface area contributed by atoms with Crippen LogP contribution in [0.15, 0.2) is 0 Å². The van der Waals surface area contributed by atoms with Crippen molar-refractivity contribution >= 4 is 5.91 Å². The highest BCUT2D eigenvalue weighted by Crippen LogP contribution is 2.21. The van der Waals surface area contributed by atoms with Crippen LogP contribution in [-0.4, -0.2) is 49.3 Å². The van der Waals surface area contributed by atoms with Crippen molar-refractivity contribution in [1.29, 1.82) is 5.26 Å². The number of nitriles is 1. The standard InChI is InChI=1S/C13H22N2O3/c1-10-7-12(8-11(2)18-10)17-9-13(16)15(3)6-4-5-14/h10-12H,4,6-9H2,1-3H3. The average molecular weight is 254 g/mol. The van der Waals surface area contributed by atoms with Gasteiger partial charge in [0.15, 0.2) is 0 Å². The Morgan fingerprint density at radius 2 is 2.06 bits per heavy atom. The van der Waals surface area contributed by atoms with E-state index in [0.717, 1.165) is 12.8 Å². The van der Waals surface area contributed by atoms with Crippen LogP contribution in [0.2, 0.25) is 0 Å². The molecule has 0 bridgehead atoms. The number of amides is 1. The summed E-state index contributed by atoms with van der Waals surface area (Å²) in [6.45, 7) is 4.59. The molecule has 102 valence electrons. The van der Waals surface area contributed by atoms with Crippen LogP contribution in [0.25, 0.3) is 0 Å². The lowest BCUT2D eigenvalue weighted by Crippen LogP contribution is -2.37. The van der Waals surface area contributed by atoms with Crippen molar-refractivity contribution < 1.29 is 14.3 Å². The van der Waals surface area contributed by atoms with Crippen LogP contribution in [0.5, 0.6) is 0 Å². The average Bonchev–Trinajstić information content (AvgIpc) is 2.31. The first kappa shape index (κ1) is 14.9. The number of hydrogen-bond acceptors (Lipinski definition) is 4. The van der Waals surface area contributed by atoms with Crippen LogP contribution in [0.1, 0.15) is 33.1 Å². The van der Waals surface area contributed by atoms with E-state index in [1.807, 2.05) is 19.9 Å². The third-order valence-corrected chi connectivity index (χ3v) is 3.08. The predicted molar refractivity (Wildman–Crippen MR) is 66.9 cm³/mol. The van der Waals surface area contributed by atoms with Gasteiger partial charge in [0, 0.05) is 13.6 Å². The van der Waals surface area contributed by atoms with Crippen molar-refractivity contribution in [2.75, 3.05) is 20.2 Å². The summed E-state index contributed by atoms with van der Waals surface area (Å²) >= 11 is 0. The van der Waals surface area contributed by atoms with Crippen molar-refractivity contribution in [3.63, 3.8) is 0 Å². The molecular weight excluding hydrogens is 232 g/mol. The number of carbonyl (C=O) groups excluding carboxylic acids is 1. The molecule has 2 atom stereocenters. The summed E-state index contributed by atoms with van der Waals surface area (Å²) in [5, 5.41) is 8.46. The molecule has 0 aliphatic carbocycles. The van der Waals surface area contributed by atoms with E-state index in [1.165, 1.54) is 4.90 Å². The number of likely N-dealkylation sites (N-methyl/N-ethyl adjacent to an activating group) is 1. The van der Waals surface area contributed by atoms with Crippen LogP contribution in [0.4, 0.5) is 0 Å². The Hall–Kier alpha value is -1.12. The molecule has 1 aliphatic heterocycles. The summed E-state index contributed by atoms with van der Waals surface area (Å²) in [7, 11) is 1.69. The highest BCUT2D eigenvalue weighted by Gasteiger charge is 2.25. The summed E-state index contributed by atoms with van der Waals surface area (Å²) in [5.74, 6) is -0.0722. The first-order valence-electron chi connectivity index (χ1n) is 6.41. The van der Waals surface area contributed by atoms with E-state index in [9.17, 15) is 4.79 Å². The number of rotatable bonds is 5. The molecular formula is C13H22N2O3. The van der Waals surface area contributed by atoms with E-state index in [2.05, 4.69) is 0 Å². The number of hydrogen-bond donors (Lipinski definition) is 0. The maximum Gasteiger partial charge on any atom is 0.248 e. The smallest absolute Gasteiger partial charge is 0.248 e. The SMILES string of the molecule is CC1CC(OCC(=O)N(C)CCC#N)CC(C)O1. The Labute approximate surface area is 109 Å². The van der Waals surface area contributed by atoms with Crippen LogP contribution < -0.4 is 0 Å². The third-order valence-electron chi connectivity index (χ3n) is 3.08. The van der Waals surface area contributed by atoms with Gasteiger partial charge in [-0.05, 0) is 26.7 Å². The first-order chi connectivity index (χ1) is 8.52. The van der Waals surface area contributed by atoms with E-state index >= 15 is 0 Å². The quantitative estimate of drug-likeness (QED) is 0.742. The van der Waals surface area contributed by atoms with Crippen LogP contribution in [0, 0.1) is 11.3 Å². The van der Waals surface area contributed by atoms with Gasteiger partial charge in [-0.1, -0.05) is 0 Å². The van der Waals surface area contributed by atoms with Gasteiger partial charge in [-0.3, -0.25) is 4.79 Å². The molecule has 1 rings (SSSR count). The van der Waals surface area contributed by atoms with E-state index in [0.29, 0.717) is 13.0 Å². The minimum Gasteiger partial charge on any atom is -0.375 e. The second kappa shape index (κ2) is 7.34. The predicted octanol–water partition coefficient (Wildman–Crippen LogP) is 1.33. The summed E-state index contributed by atoms with van der Waals surface area (Å²) < 4.78 is 11.2. The molecule has 5 heteroatoms. The van der Waals surface area contributed by atoms with Gasteiger partial charge in [0.05, 0.1) is 30.8 Å². The summed E-state index contributed by atoms with van der Waals surface area (Å²) in [6.07, 6.45) is 2.49. The lowest BCUT2D eigenvalue weighted by molar-refractivity contribution is -0.143. The molecule has 1 fully saturated rings. The molecule has 0 saturated carbocycles. The molecule has 18 heavy (non-hydrogen) atoms. The molecule has 0 N–H and O–H groups in total. The zero-order valence-corrected chi connectivity index (χ0v) is 11.4. The van der Waals surface area contributed by atoms with Gasteiger partial charge >= 0.3 is 0 Å². The highest BCUT2D eigenvalue weighted by atomic mass is 16.5. The van der Waals surface area contributed by atoms with E-state index in [1.54, 1.807) is 7.05 Å². The molecule has 1 saturated heterocycles. The van der Waals surface area contributed by atoms with Crippen molar-refractivity contribution in [2.45, 2.75) is 51.4 Å². The fourth-order valence-corrected chi connectivity index (χ4v) is 2.12. The number of nitrogens with zero attached hydrogens (tertiary/aromatic N) is 2. The largest absolute Gasteiger partial charge is 0.375 e. The second-order valence-electron chi connectivity index (χ2n) is 4.89. The Balaban J connectivity index is 2.27. The van der Waals surface area contributed by atoms with Gasteiger partial charge in [-0.25, -0.2) is 0 Å². The zero-order chi connectivity index (χ0) is 13.5. The Bertz CT molecular complexity index is 304. The van der Waals surface area contributed by atoms with Crippen LogP contribution >= 0.6 is 0 Å². The zero-order valence-electron chi connectivity index (χ0n) is 11.4. The number of ether oxygens (including phenoxy) is 2. The molecule has 1 amide bonds. The van der Waals surface area contributed by atoms with Gasteiger partial charge in [0.1, 0.15) is 6.61 Å². The highest BCUT2D eigenvalue weighted by molar-refractivity contribution is 5.77. The van der Waals surface area contributed by atoms with Crippen molar-refractivity contribution in [2.24, 2.45) is 0 Å². The monoisotopic (exact) mass is 254 g/mol. The minimum absolute atomic E-state index is 0.0722. The molecule has 0 spiro atoms. The Morgan fingerprint density at radius 1 is 1.44 bits per heavy atom. The molecule has 1 aliphatic rings. The van der Waals surface area contributed by atoms with Crippen molar-refractivity contribution in [3.05, 3.63) is 0 Å². The van der Waals surface area contributed by atoms with Gasteiger partial charge in [-0.15, -0.1) is 0 Å². The van der Waals surface area contributed by atoms with Gasteiger partial charge < -0.3 is 14.4 Å². The normalized spacial score (nSPS) is 27.6. The fraction of sp³-hybridized carbons (Fsp3) is 0.846. The van der Waals surface area contributed by atoms with Crippen molar-refractivity contribution in [3.8, 4) is 6.07 Å². The van der Waals surface area contributed by atoms with Gasteiger partial charge in [-0.2, -0.15) is 5.26 Å². The van der Waals surface area contributed by atoms with Gasteiger partial charge in [0.25, 0.3) is 0 Å². The Morgan fingerprint density at radius 3 is 2.61 bits per heavy atom. The van der Waals surface area contributed by atoms with E-state index < -0.39 is 0 Å². The van der Waals surface area contributed by atoms with E-state index in [-0.39, 0.29) is 30.8 Å². The molecule has 5 nitrogen and oxygen atoms in total. The molecule has 0 aromatic rings.